The summed E-state index contributed by atoms with van der Waals surface area (Å²) in [6.45, 7) is 4.42. The molecule has 2 unspecified atom stereocenters. The summed E-state index contributed by atoms with van der Waals surface area (Å²) in [7, 11) is 0. The maximum atomic E-state index is 5.92. The molecular weight excluding hydrogens is 170 g/mol. The van der Waals surface area contributed by atoms with E-state index in [1.165, 1.54) is 25.7 Å². The highest BCUT2D eigenvalue weighted by Crippen LogP contribution is 2.25. The summed E-state index contributed by atoms with van der Waals surface area (Å²) in [5, 5.41) is 3.60. The van der Waals surface area contributed by atoms with Crippen LogP contribution in [0.5, 0.6) is 0 Å². The van der Waals surface area contributed by atoms with Crippen LogP contribution < -0.4 is 5.32 Å². The highest BCUT2D eigenvalue weighted by molar-refractivity contribution is 6.18. The first-order valence-corrected chi connectivity index (χ1v) is 5.59. The number of halogens is 1. The van der Waals surface area contributed by atoms with Crippen molar-refractivity contribution >= 4 is 11.6 Å². The molecule has 0 amide bonds. The van der Waals surface area contributed by atoms with Gasteiger partial charge in [0.25, 0.3) is 0 Å². The zero-order valence-corrected chi connectivity index (χ0v) is 8.90. The van der Waals surface area contributed by atoms with Gasteiger partial charge in [-0.2, -0.15) is 0 Å². The van der Waals surface area contributed by atoms with Crippen molar-refractivity contribution in [2.75, 3.05) is 5.88 Å². The fraction of sp³-hybridized carbons (Fsp3) is 1.00. The van der Waals surface area contributed by atoms with Gasteiger partial charge in [-0.25, -0.2) is 0 Å². The maximum Gasteiger partial charge on any atom is 0.0266 e. The molecule has 0 aliphatic heterocycles. The Kier molecular flexibility index (Phi) is 4.38. The molecule has 1 saturated carbocycles. The van der Waals surface area contributed by atoms with Crippen LogP contribution in [0.3, 0.4) is 0 Å². The Balaban J connectivity index is 2.36. The number of alkyl halides is 1. The van der Waals surface area contributed by atoms with E-state index in [2.05, 4.69) is 19.2 Å². The van der Waals surface area contributed by atoms with Gasteiger partial charge in [-0.05, 0) is 18.8 Å². The molecule has 0 saturated heterocycles. The zero-order valence-electron chi connectivity index (χ0n) is 8.15. The molecule has 0 heterocycles. The molecule has 0 radical (unpaired) electrons. The van der Waals surface area contributed by atoms with Crippen molar-refractivity contribution in [2.24, 2.45) is 5.92 Å². The molecule has 72 valence electrons. The summed E-state index contributed by atoms with van der Waals surface area (Å²) in [6.07, 6.45) is 5.37. The van der Waals surface area contributed by atoms with E-state index in [4.69, 9.17) is 11.6 Å². The SMILES string of the molecule is CC(C)NC1CCCCC1CCl. The number of rotatable bonds is 3. The summed E-state index contributed by atoms with van der Waals surface area (Å²) in [5.41, 5.74) is 0. The van der Waals surface area contributed by atoms with E-state index in [0.29, 0.717) is 18.0 Å². The van der Waals surface area contributed by atoms with Gasteiger partial charge in [0.1, 0.15) is 0 Å². The Hall–Kier alpha value is 0.250. The van der Waals surface area contributed by atoms with Crippen molar-refractivity contribution in [3.63, 3.8) is 0 Å². The molecule has 1 rings (SSSR count). The van der Waals surface area contributed by atoms with Gasteiger partial charge in [-0.3, -0.25) is 0 Å². The van der Waals surface area contributed by atoms with Gasteiger partial charge in [-0.1, -0.05) is 26.7 Å². The van der Waals surface area contributed by atoms with Crippen LogP contribution in [0.1, 0.15) is 39.5 Å². The summed E-state index contributed by atoms with van der Waals surface area (Å²) in [6, 6.07) is 1.27. The minimum atomic E-state index is 0.596. The van der Waals surface area contributed by atoms with Crippen LogP contribution in [-0.2, 0) is 0 Å². The molecule has 1 N–H and O–H groups in total. The number of hydrogen-bond donors (Lipinski definition) is 1. The molecule has 1 aliphatic carbocycles. The molecule has 0 aromatic carbocycles. The van der Waals surface area contributed by atoms with Crippen molar-refractivity contribution in [3.8, 4) is 0 Å². The van der Waals surface area contributed by atoms with Crippen molar-refractivity contribution in [3.05, 3.63) is 0 Å². The van der Waals surface area contributed by atoms with E-state index in [-0.39, 0.29) is 0 Å². The molecule has 12 heavy (non-hydrogen) atoms. The molecule has 0 spiro atoms. The van der Waals surface area contributed by atoms with Crippen LogP contribution in [-0.4, -0.2) is 18.0 Å². The zero-order chi connectivity index (χ0) is 8.97. The molecule has 2 heteroatoms. The van der Waals surface area contributed by atoms with Crippen LogP contribution in [0, 0.1) is 5.92 Å². The second-order valence-electron chi connectivity index (χ2n) is 4.13. The largest absolute Gasteiger partial charge is 0.311 e. The van der Waals surface area contributed by atoms with E-state index < -0.39 is 0 Å². The lowest BCUT2D eigenvalue weighted by Gasteiger charge is -2.32. The van der Waals surface area contributed by atoms with Crippen LogP contribution in [0.4, 0.5) is 0 Å². The smallest absolute Gasteiger partial charge is 0.0266 e. The Labute approximate surface area is 80.9 Å². The minimum Gasteiger partial charge on any atom is -0.311 e. The second kappa shape index (κ2) is 5.08. The summed E-state index contributed by atoms with van der Waals surface area (Å²) >= 11 is 5.92. The van der Waals surface area contributed by atoms with Gasteiger partial charge in [0.2, 0.25) is 0 Å². The third-order valence-electron chi connectivity index (χ3n) is 2.65. The van der Waals surface area contributed by atoms with E-state index in [1.54, 1.807) is 0 Å². The average Bonchev–Trinajstić information content (AvgIpc) is 2.04. The van der Waals surface area contributed by atoms with Gasteiger partial charge in [-0.15, -0.1) is 11.6 Å². The predicted octanol–water partition coefficient (Wildman–Crippen LogP) is 2.78. The van der Waals surface area contributed by atoms with Crippen LogP contribution in [0.15, 0.2) is 0 Å². The monoisotopic (exact) mass is 189 g/mol. The number of hydrogen-bond acceptors (Lipinski definition) is 1. The van der Waals surface area contributed by atoms with E-state index >= 15 is 0 Å². The second-order valence-corrected chi connectivity index (χ2v) is 4.44. The van der Waals surface area contributed by atoms with Gasteiger partial charge < -0.3 is 5.32 Å². The molecule has 0 aromatic rings. The minimum absolute atomic E-state index is 0.596. The third-order valence-corrected chi connectivity index (χ3v) is 3.05. The standard InChI is InChI=1S/C10H20ClN/c1-8(2)12-10-6-4-3-5-9(10)7-11/h8-10,12H,3-7H2,1-2H3. The lowest BCUT2D eigenvalue weighted by molar-refractivity contribution is 0.270. The average molecular weight is 190 g/mol. The number of nitrogens with one attached hydrogen (secondary N) is 1. The summed E-state index contributed by atoms with van der Waals surface area (Å²) < 4.78 is 0. The lowest BCUT2D eigenvalue weighted by Crippen LogP contribution is -2.42. The maximum absolute atomic E-state index is 5.92. The van der Waals surface area contributed by atoms with Gasteiger partial charge in [0, 0.05) is 18.0 Å². The first kappa shape index (κ1) is 10.3. The molecule has 1 nitrogen and oxygen atoms in total. The molecule has 0 bridgehead atoms. The molecular formula is C10H20ClN. The normalized spacial score (nSPS) is 31.0. The van der Waals surface area contributed by atoms with Crippen LogP contribution in [0.25, 0.3) is 0 Å². The molecule has 2 atom stereocenters. The third kappa shape index (κ3) is 2.95. The van der Waals surface area contributed by atoms with Gasteiger partial charge >= 0.3 is 0 Å². The van der Waals surface area contributed by atoms with Gasteiger partial charge in [0.15, 0.2) is 0 Å². The van der Waals surface area contributed by atoms with Crippen LogP contribution >= 0.6 is 11.6 Å². The predicted molar refractivity (Wildman–Crippen MR) is 54.7 cm³/mol. The Morgan fingerprint density at radius 2 is 2.00 bits per heavy atom. The van der Waals surface area contributed by atoms with Crippen molar-refractivity contribution in [2.45, 2.75) is 51.6 Å². The van der Waals surface area contributed by atoms with Crippen molar-refractivity contribution in [1.29, 1.82) is 0 Å². The Morgan fingerprint density at radius 3 is 2.58 bits per heavy atom. The van der Waals surface area contributed by atoms with Crippen molar-refractivity contribution in [1.82, 2.24) is 5.32 Å². The highest BCUT2D eigenvalue weighted by atomic mass is 35.5. The van der Waals surface area contributed by atoms with Crippen molar-refractivity contribution < 1.29 is 0 Å². The first-order chi connectivity index (χ1) is 5.74. The lowest BCUT2D eigenvalue weighted by atomic mass is 9.85. The Morgan fingerprint density at radius 1 is 1.33 bits per heavy atom. The van der Waals surface area contributed by atoms with Gasteiger partial charge in [0.05, 0.1) is 0 Å². The summed E-state index contributed by atoms with van der Waals surface area (Å²) in [5.74, 6) is 1.53. The molecule has 0 aromatic heterocycles. The topological polar surface area (TPSA) is 12.0 Å². The van der Waals surface area contributed by atoms with Crippen LogP contribution in [0.2, 0.25) is 0 Å². The Bertz CT molecular complexity index is 125. The quantitative estimate of drug-likeness (QED) is 0.674. The van der Waals surface area contributed by atoms with E-state index in [1.807, 2.05) is 0 Å². The first-order valence-electron chi connectivity index (χ1n) is 5.06. The highest BCUT2D eigenvalue weighted by Gasteiger charge is 2.24. The molecule has 1 fully saturated rings. The summed E-state index contributed by atoms with van der Waals surface area (Å²) in [4.78, 5) is 0. The fourth-order valence-corrected chi connectivity index (χ4v) is 2.41. The molecule has 1 aliphatic rings. The fourth-order valence-electron chi connectivity index (χ4n) is 2.04. The van der Waals surface area contributed by atoms with E-state index in [9.17, 15) is 0 Å². The van der Waals surface area contributed by atoms with E-state index in [0.717, 1.165) is 5.88 Å².